The van der Waals surface area contributed by atoms with E-state index in [1.54, 1.807) is 0 Å². The zero-order valence-electron chi connectivity index (χ0n) is 17.0. The van der Waals surface area contributed by atoms with Crippen molar-refractivity contribution in [2.75, 3.05) is 19.6 Å². The zero-order valence-corrected chi connectivity index (χ0v) is 17.0. The van der Waals surface area contributed by atoms with Crippen LogP contribution < -0.4 is 22.1 Å². The van der Waals surface area contributed by atoms with E-state index in [1.165, 1.54) is 0 Å². The third kappa shape index (κ3) is 7.15. The number of aliphatic hydroxyl groups excluding tert-OH is 2. The van der Waals surface area contributed by atoms with Gasteiger partial charge in [-0.2, -0.15) is 0 Å². The molecule has 6 atom stereocenters. The Balaban J connectivity index is 1.88. The molecule has 2 aliphatic heterocycles. The average molecular weight is 431 g/mol. The van der Waals surface area contributed by atoms with E-state index in [0.717, 1.165) is 5.84 Å². The number of fused-ring (bicyclic) bond motifs is 1. The number of hydrogen-bond donors (Lipinski definition) is 8. The van der Waals surface area contributed by atoms with Gasteiger partial charge in [-0.1, -0.05) is 0 Å². The summed E-state index contributed by atoms with van der Waals surface area (Å²) in [5.41, 5.74) is 11.0. The summed E-state index contributed by atoms with van der Waals surface area (Å²) in [7, 11) is 0. The first kappa shape index (κ1) is 24.4. The number of rotatable bonds is 12. The van der Waals surface area contributed by atoms with Crippen LogP contribution in [0.1, 0.15) is 38.5 Å². The van der Waals surface area contributed by atoms with E-state index in [9.17, 15) is 19.8 Å². The molecule has 0 aromatic rings. The molecule has 0 spiro atoms. The molecule has 0 aliphatic carbocycles. The molecule has 2 aliphatic rings. The second-order valence-corrected chi connectivity index (χ2v) is 7.91. The third-order valence-corrected chi connectivity index (χ3v) is 5.44. The van der Waals surface area contributed by atoms with Crippen molar-refractivity contribution in [2.24, 2.45) is 16.5 Å². The molecule has 30 heavy (non-hydrogen) atoms. The topological polar surface area (TPSA) is 207 Å². The number of aliphatic hydroxyl groups is 2. The van der Waals surface area contributed by atoms with E-state index >= 15 is 0 Å². The summed E-state index contributed by atoms with van der Waals surface area (Å²) >= 11 is 0. The van der Waals surface area contributed by atoms with Crippen LogP contribution >= 0.6 is 0 Å². The molecule has 0 amide bonds. The Kier molecular flexibility index (Phi) is 9.39. The minimum atomic E-state index is -1.02. The lowest BCUT2D eigenvalue weighted by atomic mass is 10.1. The summed E-state index contributed by atoms with van der Waals surface area (Å²) in [5, 5.41) is 44.5. The molecular formula is C18H34N6O6. The van der Waals surface area contributed by atoms with Crippen LogP contribution in [0.4, 0.5) is 0 Å². The van der Waals surface area contributed by atoms with Gasteiger partial charge in [0.1, 0.15) is 17.9 Å². The molecule has 12 heteroatoms. The van der Waals surface area contributed by atoms with E-state index in [2.05, 4.69) is 15.6 Å². The first-order valence-corrected chi connectivity index (χ1v) is 10.3. The predicted molar refractivity (Wildman–Crippen MR) is 109 cm³/mol. The van der Waals surface area contributed by atoms with Gasteiger partial charge in [-0.15, -0.1) is 0 Å². The van der Waals surface area contributed by atoms with Crippen LogP contribution in [0, 0.1) is 0 Å². The first-order chi connectivity index (χ1) is 14.2. The summed E-state index contributed by atoms with van der Waals surface area (Å²) in [6, 6.07) is -2.00. The van der Waals surface area contributed by atoms with Gasteiger partial charge < -0.3 is 36.8 Å². The number of β-amino-alcohol motifs (C(OH)–C–C–N with tert-alkyl or cyclic N) is 1. The van der Waals surface area contributed by atoms with Crippen LogP contribution in [0.5, 0.6) is 0 Å². The Hall–Kier alpha value is -1.83. The van der Waals surface area contributed by atoms with Crippen molar-refractivity contribution in [1.29, 1.82) is 0 Å². The monoisotopic (exact) mass is 430 g/mol. The number of unbranched alkanes of at least 4 members (excludes halogenated alkanes) is 1. The van der Waals surface area contributed by atoms with E-state index in [-0.39, 0.29) is 18.9 Å². The lowest BCUT2D eigenvalue weighted by Crippen LogP contribution is -2.46. The van der Waals surface area contributed by atoms with Gasteiger partial charge in [-0.25, -0.2) is 4.99 Å². The number of carboxylic acid groups (broad SMARTS) is 2. The third-order valence-electron chi connectivity index (χ3n) is 5.44. The molecule has 2 rings (SSSR count). The fourth-order valence-electron chi connectivity index (χ4n) is 3.62. The van der Waals surface area contributed by atoms with Gasteiger partial charge in [0.25, 0.3) is 0 Å². The van der Waals surface area contributed by atoms with Crippen molar-refractivity contribution in [2.45, 2.75) is 75.1 Å². The lowest BCUT2D eigenvalue weighted by molar-refractivity contribution is -0.139. The zero-order chi connectivity index (χ0) is 22.3. The molecule has 0 aromatic carbocycles. The lowest BCUT2D eigenvalue weighted by Gasteiger charge is -2.26. The highest BCUT2D eigenvalue weighted by Gasteiger charge is 2.38. The highest BCUT2D eigenvalue weighted by molar-refractivity contribution is 5.89. The smallest absolute Gasteiger partial charge is 0.320 e. The Morgan fingerprint density at radius 1 is 1.10 bits per heavy atom. The van der Waals surface area contributed by atoms with E-state index in [1.807, 2.05) is 4.90 Å². The Labute approximate surface area is 175 Å². The molecule has 0 bridgehead atoms. The number of aliphatic carboxylic acids is 2. The average Bonchev–Trinajstić information content (AvgIpc) is 3.04. The largest absolute Gasteiger partial charge is 0.480 e. The molecular weight excluding hydrogens is 396 g/mol. The number of amidine groups is 1. The van der Waals surface area contributed by atoms with E-state index in [4.69, 9.17) is 21.7 Å². The second kappa shape index (κ2) is 11.5. The number of nitrogens with zero attached hydrogens (tertiary/aromatic N) is 2. The number of nitrogens with one attached hydrogen (secondary N) is 2. The number of carbonyl (C=O) groups is 2. The highest BCUT2D eigenvalue weighted by atomic mass is 16.4. The summed E-state index contributed by atoms with van der Waals surface area (Å²) in [6.07, 6.45) is 0.765. The molecule has 172 valence electrons. The number of likely N-dealkylation sites (tertiary alicyclic amines) is 1. The van der Waals surface area contributed by atoms with E-state index < -0.39 is 36.2 Å². The van der Waals surface area contributed by atoms with Crippen LogP contribution in [0.2, 0.25) is 0 Å². The van der Waals surface area contributed by atoms with Crippen molar-refractivity contribution < 1.29 is 30.0 Å². The number of hydrogen-bond acceptors (Lipinski definition) is 10. The molecule has 0 saturated carbocycles. The molecule has 1 fully saturated rings. The maximum absolute atomic E-state index is 10.8. The Bertz CT molecular complexity index is 620. The maximum atomic E-state index is 10.8. The number of carboxylic acids is 2. The molecule has 1 unspecified atom stereocenters. The summed E-state index contributed by atoms with van der Waals surface area (Å²) in [5.74, 6) is -1.30. The normalized spacial score (nSPS) is 28.4. The van der Waals surface area contributed by atoms with Gasteiger partial charge in [0, 0.05) is 13.1 Å². The fraction of sp³-hybridized carbons (Fsp3) is 0.833. The van der Waals surface area contributed by atoms with Crippen LogP contribution in [-0.4, -0.2) is 99.4 Å². The Morgan fingerprint density at radius 3 is 2.37 bits per heavy atom. The van der Waals surface area contributed by atoms with Crippen LogP contribution in [-0.2, 0) is 9.59 Å². The number of nitrogens with two attached hydrogens (primary N) is 2. The van der Waals surface area contributed by atoms with Crippen LogP contribution in [0.25, 0.3) is 0 Å². The van der Waals surface area contributed by atoms with Crippen molar-refractivity contribution in [3.8, 4) is 0 Å². The quantitative estimate of drug-likeness (QED) is 0.151. The summed E-state index contributed by atoms with van der Waals surface area (Å²) < 4.78 is 0. The molecule has 12 nitrogen and oxygen atoms in total. The first-order valence-electron chi connectivity index (χ1n) is 10.3. The van der Waals surface area contributed by atoms with Crippen molar-refractivity contribution in [3.05, 3.63) is 0 Å². The molecule has 0 aromatic heterocycles. The van der Waals surface area contributed by atoms with Gasteiger partial charge in [-0.3, -0.25) is 20.2 Å². The SMILES string of the molecule is N[C@@H](CCCCN1C[C@@H](O)[C@@H](O)C[C@@H]2NC(NCCC[C@H](N)C(=O)O)N=C21)C(=O)O. The van der Waals surface area contributed by atoms with Gasteiger partial charge in [0.05, 0.1) is 18.2 Å². The Morgan fingerprint density at radius 2 is 1.73 bits per heavy atom. The minimum absolute atomic E-state index is 0.225. The van der Waals surface area contributed by atoms with Gasteiger partial charge >= 0.3 is 11.9 Å². The maximum Gasteiger partial charge on any atom is 0.320 e. The minimum Gasteiger partial charge on any atom is -0.480 e. The van der Waals surface area contributed by atoms with Gasteiger partial charge in [0.2, 0.25) is 0 Å². The molecule has 10 N–H and O–H groups in total. The van der Waals surface area contributed by atoms with Crippen LogP contribution in [0.15, 0.2) is 4.99 Å². The van der Waals surface area contributed by atoms with Gasteiger partial charge in [0.15, 0.2) is 6.29 Å². The van der Waals surface area contributed by atoms with Crippen molar-refractivity contribution >= 4 is 17.8 Å². The number of aliphatic imine (C=N–C) groups is 1. The summed E-state index contributed by atoms with van der Waals surface area (Å²) in [6.45, 7) is 1.33. The molecule has 0 radical (unpaired) electrons. The predicted octanol–water partition coefficient (Wildman–Crippen LogP) is -2.57. The summed E-state index contributed by atoms with van der Waals surface area (Å²) in [4.78, 5) is 28.1. The molecule has 2 heterocycles. The van der Waals surface area contributed by atoms with Crippen LogP contribution in [0.3, 0.4) is 0 Å². The molecule has 1 saturated heterocycles. The second-order valence-electron chi connectivity index (χ2n) is 7.91. The standard InChI is InChI=1S/C18H34N6O6/c19-10(16(27)28)4-1-2-7-24-9-14(26)13(25)8-12-15(24)23-18(22-12)21-6-3-5-11(20)17(29)30/h10-14,18,21-22,25-26H,1-9,19-20H2,(H,27,28)(H,29,30)/t10-,11-,12-,13-,14+,18?/m0/s1. The van der Waals surface area contributed by atoms with Gasteiger partial charge in [-0.05, 0) is 45.1 Å². The van der Waals surface area contributed by atoms with Crippen molar-refractivity contribution in [3.63, 3.8) is 0 Å². The van der Waals surface area contributed by atoms with Crippen molar-refractivity contribution in [1.82, 2.24) is 15.5 Å². The fourth-order valence-corrected chi connectivity index (χ4v) is 3.62. The highest BCUT2D eigenvalue weighted by Crippen LogP contribution is 2.20. The van der Waals surface area contributed by atoms with E-state index in [0.29, 0.717) is 51.6 Å².